The molecule has 1 unspecified atom stereocenters. The van der Waals surface area contributed by atoms with Gasteiger partial charge in [0.15, 0.2) is 17.3 Å². The van der Waals surface area contributed by atoms with Crippen LogP contribution in [0.2, 0.25) is 0 Å². The number of rotatable bonds is 8. The highest BCUT2D eigenvalue weighted by Crippen LogP contribution is 2.50. The van der Waals surface area contributed by atoms with Crippen LogP contribution in [0.25, 0.3) is 21.7 Å². The molecule has 196 valence electrons. The Morgan fingerprint density at radius 3 is 2.34 bits per heavy atom. The van der Waals surface area contributed by atoms with Gasteiger partial charge in [-0.15, -0.1) is 11.6 Å². The quantitative estimate of drug-likeness (QED) is 0.136. The molecule has 13 heteroatoms. The lowest BCUT2D eigenvalue weighted by Crippen LogP contribution is -2.40. The molecule has 1 aromatic heterocycles. The van der Waals surface area contributed by atoms with Gasteiger partial charge in [0.1, 0.15) is 0 Å². The lowest BCUT2D eigenvalue weighted by Gasteiger charge is -2.25. The molecule has 2 N–H and O–H groups in total. The Bertz CT molecular complexity index is 1670. The monoisotopic (exact) mass is 540 g/mol. The Kier molecular flexibility index (Phi) is 5.98. The predicted octanol–water partition coefficient (Wildman–Crippen LogP) is 4.95. The number of carbonyl (C=O) groups is 1. The number of alkyl halides is 1. The number of ketones is 1. The topological polar surface area (TPSA) is 159 Å². The number of Topliss-reactive ketones (excluding diaryl/α,β-unsaturated/α-hetero) is 1. The zero-order valence-electron chi connectivity index (χ0n) is 20.4. The van der Waals surface area contributed by atoms with Crippen molar-refractivity contribution in [3.63, 3.8) is 0 Å². The third-order valence-electron chi connectivity index (χ3n) is 6.90. The first-order valence-electron chi connectivity index (χ1n) is 11.3. The number of nitro groups is 2. The van der Waals surface area contributed by atoms with E-state index < -0.39 is 21.0 Å². The van der Waals surface area contributed by atoms with Crippen molar-refractivity contribution in [3.8, 4) is 17.2 Å². The Labute approximate surface area is 219 Å². The summed E-state index contributed by atoms with van der Waals surface area (Å²) in [6.07, 6.45) is 0. The molecule has 1 aliphatic rings. The van der Waals surface area contributed by atoms with Crippen molar-refractivity contribution in [2.45, 2.75) is 5.41 Å². The molecule has 0 saturated heterocycles. The van der Waals surface area contributed by atoms with Crippen LogP contribution in [0.15, 0.2) is 36.4 Å². The lowest BCUT2D eigenvalue weighted by atomic mass is 9.76. The van der Waals surface area contributed by atoms with E-state index in [2.05, 4.69) is 10.3 Å². The first-order valence-corrected chi connectivity index (χ1v) is 11.8. The van der Waals surface area contributed by atoms with Crippen LogP contribution < -0.4 is 19.5 Å². The fraction of sp³-hybridized carbons (Fsp3) is 0.240. The van der Waals surface area contributed by atoms with E-state index in [9.17, 15) is 25.0 Å². The first kappa shape index (κ1) is 25.1. The maximum Gasteiger partial charge on any atom is 0.279 e. The fourth-order valence-corrected chi connectivity index (χ4v) is 5.55. The highest BCUT2D eigenvalue weighted by Gasteiger charge is 2.49. The van der Waals surface area contributed by atoms with E-state index in [4.69, 9.17) is 25.8 Å². The molecule has 38 heavy (non-hydrogen) atoms. The molecule has 1 aliphatic heterocycles. The lowest BCUT2D eigenvalue weighted by molar-refractivity contribution is -0.384. The minimum absolute atomic E-state index is 0.00210. The van der Waals surface area contributed by atoms with Crippen LogP contribution in [0.4, 0.5) is 17.1 Å². The van der Waals surface area contributed by atoms with Crippen molar-refractivity contribution < 1.29 is 28.9 Å². The summed E-state index contributed by atoms with van der Waals surface area (Å²) < 4.78 is 16.4. The van der Waals surface area contributed by atoms with E-state index in [1.165, 1.54) is 45.6 Å². The Morgan fingerprint density at radius 2 is 1.74 bits per heavy atom. The number of methoxy groups -OCH3 is 3. The van der Waals surface area contributed by atoms with Crippen LogP contribution in [0, 0.1) is 20.2 Å². The molecular formula is C25H21ClN4O8. The van der Waals surface area contributed by atoms with E-state index in [0.29, 0.717) is 28.2 Å². The van der Waals surface area contributed by atoms with Crippen LogP contribution in [0.1, 0.15) is 16.1 Å². The SMILES string of the molecule is COc1cc2cc(C(=O)C3(CCl)CNc4cc([N+](=O)[O-])c5cccc([N+](=O)[O-])c5c43)[nH]c2c(OC)c1OC. The van der Waals surface area contributed by atoms with E-state index in [1.807, 2.05) is 0 Å². The molecule has 0 aliphatic carbocycles. The number of carbonyl (C=O) groups excluding carboxylic acids is 1. The normalized spacial score (nSPS) is 16.2. The van der Waals surface area contributed by atoms with Gasteiger partial charge >= 0.3 is 0 Å². The average Bonchev–Trinajstić information content (AvgIpc) is 3.52. The Balaban J connectivity index is 1.79. The minimum atomic E-state index is -1.47. The summed E-state index contributed by atoms with van der Waals surface area (Å²) in [6.45, 7) is -0.0217. The molecule has 12 nitrogen and oxygen atoms in total. The summed E-state index contributed by atoms with van der Waals surface area (Å²) in [7, 11) is 4.39. The summed E-state index contributed by atoms with van der Waals surface area (Å²) in [6, 6.07) is 8.62. The largest absolute Gasteiger partial charge is 0.493 e. The highest BCUT2D eigenvalue weighted by molar-refractivity contribution is 6.24. The molecule has 0 bridgehead atoms. The van der Waals surface area contributed by atoms with Crippen molar-refractivity contribution in [2.75, 3.05) is 39.1 Å². The van der Waals surface area contributed by atoms with Gasteiger partial charge in [-0.25, -0.2) is 0 Å². The van der Waals surface area contributed by atoms with Gasteiger partial charge in [-0.3, -0.25) is 25.0 Å². The van der Waals surface area contributed by atoms with Gasteiger partial charge in [0.25, 0.3) is 11.4 Å². The van der Waals surface area contributed by atoms with Crippen molar-refractivity contribution in [1.82, 2.24) is 4.98 Å². The number of nitro benzene ring substituents is 2. The van der Waals surface area contributed by atoms with Gasteiger partial charge in [-0.2, -0.15) is 0 Å². The minimum Gasteiger partial charge on any atom is -0.493 e. The number of anilines is 1. The summed E-state index contributed by atoms with van der Waals surface area (Å²) in [4.78, 5) is 39.9. The third-order valence-corrected chi connectivity index (χ3v) is 7.36. The number of non-ortho nitro benzene ring substituents is 2. The molecule has 5 rings (SSSR count). The van der Waals surface area contributed by atoms with Crippen LogP contribution in [0.5, 0.6) is 17.2 Å². The number of nitrogens with one attached hydrogen (secondary N) is 2. The predicted molar refractivity (Wildman–Crippen MR) is 140 cm³/mol. The van der Waals surface area contributed by atoms with Crippen molar-refractivity contribution in [3.05, 3.63) is 67.9 Å². The van der Waals surface area contributed by atoms with E-state index in [0.717, 1.165) is 0 Å². The van der Waals surface area contributed by atoms with Crippen LogP contribution in [-0.4, -0.2) is 54.4 Å². The molecule has 3 aromatic carbocycles. The smallest absolute Gasteiger partial charge is 0.279 e. The number of fused-ring (bicyclic) bond motifs is 4. The number of aromatic nitrogens is 1. The maximum atomic E-state index is 14.2. The number of ether oxygens (including phenoxy) is 3. The van der Waals surface area contributed by atoms with Gasteiger partial charge in [-0.1, -0.05) is 6.07 Å². The third kappa shape index (κ3) is 3.40. The number of benzene rings is 3. The Morgan fingerprint density at radius 1 is 1.03 bits per heavy atom. The molecule has 0 saturated carbocycles. The summed E-state index contributed by atoms with van der Waals surface area (Å²) in [5.41, 5.74) is -1.03. The van der Waals surface area contributed by atoms with Crippen molar-refractivity contribution >= 4 is 56.1 Å². The fourth-order valence-electron chi connectivity index (χ4n) is 5.20. The van der Waals surface area contributed by atoms with E-state index >= 15 is 0 Å². The zero-order valence-corrected chi connectivity index (χ0v) is 21.2. The van der Waals surface area contributed by atoms with Gasteiger partial charge in [0.2, 0.25) is 5.75 Å². The number of H-pyrrole nitrogens is 1. The van der Waals surface area contributed by atoms with Crippen LogP contribution in [-0.2, 0) is 5.41 Å². The van der Waals surface area contributed by atoms with E-state index in [-0.39, 0.29) is 51.5 Å². The second-order valence-electron chi connectivity index (χ2n) is 8.72. The molecule has 0 amide bonds. The molecule has 0 spiro atoms. The molecular weight excluding hydrogens is 520 g/mol. The molecule has 0 fully saturated rings. The Hall–Kier alpha value is -4.58. The second kappa shape index (κ2) is 9.06. The number of halogens is 1. The number of nitrogens with zero attached hydrogens (tertiary/aromatic N) is 2. The first-order chi connectivity index (χ1) is 18.2. The van der Waals surface area contributed by atoms with Crippen molar-refractivity contribution in [1.29, 1.82) is 0 Å². The highest BCUT2D eigenvalue weighted by atomic mass is 35.5. The number of hydrogen-bond donors (Lipinski definition) is 2. The van der Waals surface area contributed by atoms with Crippen LogP contribution in [0.3, 0.4) is 0 Å². The van der Waals surface area contributed by atoms with Gasteiger partial charge in [-0.05, 0) is 18.2 Å². The summed E-state index contributed by atoms with van der Waals surface area (Å²) >= 11 is 6.48. The van der Waals surface area contributed by atoms with Gasteiger partial charge < -0.3 is 24.5 Å². The summed E-state index contributed by atoms with van der Waals surface area (Å²) in [5.74, 6) is 0.343. The van der Waals surface area contributed by atoms with Gasteiger partial charge in [0, 0.05) is 41.2 Å². The van der Waals surface area contributed by atoms with Crippen LogP contribution >= 0.6 is 11.6 Å². The number of hydrogen-bond acceptors (Lipinski definition) is 9. The molecule has 0 radical (unpaired) electrons. The molecule has 2 heterocycles. The number of aromatic amines is 1. The summed E-state index contributed by atoms with van der Waals surface area (Å²) in [5, 5.41) is 27.5. The van der Waals surface area contributed by atoms with Crippen molar-refractivity contribution in [2.24, 2.45) is 0 Å². The average molecular weight is 541 g/mol. The standard InChI is InChI=1S/C25H21ClN4O8/c1-36-18-8-12-7-15(28-21(12)23(38-3)22(18)37-2)24(31)25(10-26)11-27-14-9-17(30(34)35)13-5-4-6-16(29(32)33)19(13)20(14)25/h4-9,27-28H,10-11H2,1-3H3. The molecule has 1 atom stereocenters. The zero-order chi connectivity index (χ0) is 27.4. The van der Waals surface area contributed by atoms with Gasteiger partial charge in [0.05, 0.1) is 58.6 Å². The van der Waals surface area contributed by atoms with E-state index in [1.54, 1.807) is 12.1 Å². The maximum absolute atomic E-state index is 14.2. The molecule has 4 aromatic rings. The second-order valence-corrected chi connectivity index (χ2v) is 8.99.